The van der Waals surface area contributed by atoms with Crippen LogP contribution in [0.2, 0.25) is 0 Å². The van der Waals surface area contributed by atoms with E-state index in [1.54, 1.807) is 4.57 Å². The largest absolute Gasteiger partial charge is 0.450 e. The van der Waals surface area contributed by atoms with Gasteiger partial charge in [-0.3, -0.25) is 4.57 Å². The van der Waals surface area contributed by atoms with Gasteiger partial charge < -0.3 is 30.9 Å². The molecular formula is C24H35N7O2. The van der Waals surface area contributed by atoms with Crippen LogP contribution < -0.4 is 31.7 Å². The Bertz CT molecular complexity index is 995. The van der Waals surface area contributed by atoms with E-state index in [0.29, 0.717) is 11.6 Å². The molecule has 2 fully saturated rings. The van der Waals surface area contributed by atoms with Crippen LogP contribution in [0.15, 0.2) is 29.2 Å². The van der Waals surface area contributed by atoms with Crippen molar-refractivity contribution in [1.29, 1.82) is 0 Å². The summed E-state index contributed by atoms with van der Waals surface area (Å²) in [6, 6.07) is 6.32. The van der Waals surface area contributed by atoms with Crippen LogP contribution >= 0.6 is 0 Å². The van der Waals surface area contributed by atoms with Crippen molar-refractivity contribution >= 4 is 11.5 Å². The lowest BCUT2D eigenvalue weighted by Gasteiger charge is -2.27. The van der Waals surface area contributed by atoms with E-state index < -0.39 is 0 Å². The van der Waals surface area contributed by atoms with Gasteiger partial charge in [-0.2, -0.15) is 4.98 Å². The molecule has 178 valence electrons. The van der Waals surface area contributed by atoms with Crippen LogP contribution in [0.1, 0.15) is 37.3 Å². The summed E-state index contributed by atoms with van der Waals surface area (Å²) in [6.07, 6.45) is 5.93. The van der Waals surface area contributed by atoms with Gasteiger partial charge in [-0.1, -0.05) is 6.07 Å². The van der Waals surface area contributed by atoms with Gasteiger partial charge in [0, 0.05) is 38.8 Å². The number of hydrogen-bond acceptors (Lipinski definition) is 8. The fourth-order valence-corrected chi connectivity index (χ4v) is 4.87. The Morgan fingerprint density at radius 1 is 1.09 bits per heavy atom. The molecule has 0 radical (unpaired) electrons. The molecule has 1 aromatic carbocycles. The van der Waals surface area contributed by atoms with E-state index in [-0.39, 0.29) is 11.7 Å². The van der Waals surface area contributed by atoms with Crippen LogP contribution in [0.25, 0.3) is 0 Å². The predicted octanol–water partition coefficient (Wildman–Crippen LogP) is 1.79. The summed E-state index contributed by atoms with van der Waals surface area (Å²) < 4.78 is 7.88. The number of hydrogen-bond donors (Lipinski definition) is 4. The molecule has 5 rings (SSSR count). The molecule has 0 bridgehead atoms. The molecule has 1 aromatic heterocycles. The van der Waals surface area contributed by atoms with E-state index in [0.717, 1.165) is 96.0 Å². The first-order valence-corrected chi connectivity index (χ1v) is 12.3. The summed E-state index contributed by atoms with van der Waals surface area (Å²) in [6.45, 7) is 9.35. The van der Waals surface area contributed by atoms with Crippen molar-refractivity contribution in [1.82, 2.24) is 30.4 Å². The van der Waals surface area contributed by atoms with Crippen molar-refractivity contribution in [2.45, 2.75) is 38.3 Å². The number of ether oxygens (including phenoxy) is 1. The molecule has 0 amide bonds. The van der Waals surface area contributed by atoms with E-state index in [4.69, 9.17) is 4.74 Å². The Hall–Kier alpha value is -2.46. The SMILES string of the molecule is O=c1nc2c(cn1C1CCCNCC1)Oc1ccc(CNCCCN3CCNCC3)cc1N2. The Labute approximate surface area is 194 Å². The maximum atomic E-state index is 12.7. The molecule has 4 heterocycles. The van der Waals surface area contributed by atoms with Gasteiger partial charge in [0.1, 0.15) is 0 Å². The number of nitrogens with one attached hydrogen (secondary N) is 4. The predicted molar refractivity (Wildman–Crippen MR) is 130 cm³/mol. The minimum absolute atomic E-state index is 0.162. The third-order valence-electron chi connectivity index (χ3n) is 6.74. The minimum atomic E-state index is -0.220. The van der Waals surface area contributed by atoms with E-state index in [1.165, 1.54) is 5.56 Å². The lowest BCUT2D eigenvalue weighted by molar-refractivity contribution is 0.237. The number of aromatic nitrogens is 2. The number of anilines is 2. The molecule has 1 atom stereocenters. The zero-order valence-corrected chi connectivity index (χ0v) is 19.2. The van der Waals surface area contributed by atoms with Crippen LogP contribution in [0.4, 0.5) is 11.5 Å². The first-order chi connectivity index (χ1) is 16.3. The maximum absolute atomic E-state index is 12.7. The maximum Gasteiger partial charge on any atom is 0.350 e. The number of nitrogens with zero attached hydrogens (tertiary/aromatic N) is 3. The third-order valence-corrected chi connectivity index (χ3v) is 6.74. The second kappa shape index (κ2) is 10.6. The quantitative estimate of drug-likeness (QED) is 0.402. The van der Waals surface area contributed by atoms with Gasteiger partial charge in [0.15, 0.2) is 17.3 Å². The summed E-state index contributed by atoms with van der Waals surface area (Å²) in [5.41, 5.74) is 1.81. The molecule has 3 aliphatic rings. The summed E-state index contributed by atoms with van der Waals surface area (Å²) in [5, 5.41) is 13.6. The second-order valence-corrected chi connectivity index (χ2v) is 9.16. The fraction of sp³-hybridized carbons (Fsp3) is 0.583. The molecule has 0 aliphatic carbocycles. The molecule has 33 heavy (non-hydrogen) atoms. The summed E-state index contributed by atoms with van der Waals surface area (Å²) in [7, 11) is 0. The van der Waals surface area contributed by atoms with Crippen molar-refractivity contribution in [2.24, 2.45) is 0 Å². The first-order valence-electron chi connectivity index (χ1n) is 12.3. The molecule has 1 unspecified atom stereocenters. The summed E-state index contributed by atoms with van der Waals surface area (Å²) >= 11 is 0. The molecule has 2 aromatic rings. The third kappa shape index (κ3) is 5.55. The van der Waals surface area contributed by atoms with Crippen LogP contribution in [-0.4, -0.2) is 66.8 Å². The van der Waals surface area contributed by atoms with E-state index in [1.807, 2.05) is 12.3 Å². The molecule has 3 aliphatic heterocycles. The van der Waals surface area contributed by atoms with E-state index in [9.17, 15) is 4.79 Å². The molecule has 0 saturated carbocycles. The summed E-state index contributed by atoms with van der Waals surface area (Å²) in [5.74, 6) is 1.87. The van der Waals surface area contributed by atoms with Crippen molar-refractivity contribution in [3.63, 3.8) is 0 Å². The molecular weight excluding hydrogens is 418 g/mol. The van der Waals surface area contributed by atoms with Gasteiger partial charge in [-0.25, -0.2) is 4.79 Å². The average molecular weight is 454 g/mol. The zero-order chi connectivity index (χ0) is 22.5. The average Bonchev–Trinajstić information content (AvgIpc) is 3.12. The molecule has 9 heteroatoms. The zero-order valence-electron chi connectivity index (χ0n) is 19.2. The van der Waals surface area contributed by atoms with Crippen LogP contribution in [-0.2, 0) is 6.54 Å². The number of piperazine rings is 1. The smallest absolute Gasteiger partial charge is 0.350 e. The highest BCUT2D eigenvalue weighted by molar-refractivity contribution is 5.72. The molecule has 0 spiro atoms. The van der Waals surface area contributed by atoms with Crippen LogP contribution in [0.5, 0.6) is 11.5 Å². The Morgan fingerprint density at radius 3 is 2.88 bits per heavy atom. The minimum Gasteiger partial charge on any atom is -0.450 e. The lowest BCUT2D eigenvalue weighted by Crippen LogP contribution is -2.44. The fourth-order valence-electron chi connectivity index (χ4n) is 4.87. The van der Waals surface area contributed by atoms with E-state index >= 15 is 0 Å². The Balaban J connectivity index is 1.18. The van der Waals surface area contributed by atoms with Gasteiger partial charge in [0.2, 0.25) is 0 Å². The second-order valence-electron chi connectivity index (χ2n) is 9.16. The lowest BCUT2D eigenvalue weighted by atomic mass is 10.1. The monoisotopic (exact) mass is 453 g/mol. The number of benzene rings is 1. The Morgan fingerprint density at radius 2 is 1.97 bits per heavy atom. The van der Waals surface area contributed by atoms with E-state index in [2.05, 4.69) is 43.3 Å². The highest BCUT2D eigenvalue weighted by Crippen LogP contribution is 2.40. The molecule has 9 nitrogen and oxygen atoms in total. The standard InChI is InChI=1S/C24H35N7O2/c32-24-29-23-22(17-31(24)19-3-1-7-25-9-6-19)33-21-5-4-18(15-20(21)28-23)16-27-8-2-12-30-13-10-26-11-14-30/h4-5,15,17,19,25-27H,1-3,6-14,16H2,(H,28,29,32). The van der Waals surface area contributed by atoms with Crippen molar-refractivity contribution < 1.29 is 4.74 Å². The highest BCUT2D eigenvalue weighted by Gasteiger charge is 2.23. The van der Waals surface area contributed by atoms with Crippen LogP contribution in [0.3, 0.4) is 0 Å². The Kier molecular flexibility index (Phi) is 7.21. The van der Waals surface area contributed by atoms with Crippen molar-refractivity contribution in [3.8, 4) is 11.5 Å². The number of rotatable bonds is 7. The van der Waals surface area contributed by atoms with Gasteiger partial charge in [0.25, 0.3) is 0 Å². The normalized spacial score (nSPS) is 20.8. The van der Waals surface area contributed by atoms with Gasteiger partial charge in [0.05, 0.1) is 11.9 Å². The number of fused-ring (bicyclic) bond motifs is 2. The van der Waals surface area contributed by atoms with Gasteiger partial charge in [-0.15, -0.1) is 0 Å². The highest BCUT2D eigenvalue weighted by atomic mass is 16.5. The van der Waals surface area contributed by atoms with Crippen molar-refractivity contribution in [3.05, 3.63) is 40.4 Å². The van der Waals surface area contributed by atoms with Gasteiger partial charge in [-0.05, 0) is 69.6 Å². The first kappa shape index (κ1) is 22.3. The molecule has 2 saturated heterocycles. The summed E-state index contributed by atoms with van der Waals surface area (Å²) in [4.78, 5) is 19.5. The van der Waals surface area contributed by atoms with Crippen LogP contribution in [0, 0.1) is 0 Å². The van der Waals surface area contributed by atoms with Crippen molar-refractivity contribution in [2.75, 3.05) is 57.7 Å². The van der Waals surface area contributed by atoms with Gasteiger partial charge >= 0.3 is 5.69 Å². The molecule has 4 N–H and O–H groups in total. The topological polar surface area (TPSA) is 95.5 Å².